The zero-order valence-corrected chi connectivity index (χ0v) is 21.3. The van der Waals surface area contributed by atoms with Gasteiger partial charge in [0.1, 0.15) is 36.6 Å². The minimum absolute atomic E-state index is 2.80. The van der Waals surface area contributed by atoms with Gasteiger partial charge in [0.05, 0.1) is 0 Å². The van der Waals surface area contributed by atoms with Crippen LogP contribution < -0.4 is 0 Å². The van der Waals surface area contributed by atoms with Crippen LogP contribution in [0.3, 0.4) is 0 Å². The first-order valence-electron chi connectivity index (χ1n) is 7.97. The highest BCUT2D eigenvalue weighted by Gasteiger charge is 2.64. The fourth-order valence-electron chi connectivity index (χ4n) is 2.95. The Labute approximate surface area is 192 Å². The molecule has 2 fully saturated rings. The predicted octanol–water partition coefficient (Wildman–Crippen LogP) is -2.09. The van der Waals surface area contributed by atoms with Crippen molar-refractivity contribution in [3.8, 4) is 0 Å². The van der Waals surface area contributed by atoms with Gasteiger partial charge in [-0.3, -0.25) is 27.1 Å². The minimum Gasteiger partial charge on any atom is -0.303 e. The maximum atomic E-state index is 12.0. The maximum Gasteiger partial charge on any atom is 0.481 e. The summed E-state index contributed by atoms with van der Waals surface area (Å²) in [5, 5.41) is 0. The quantitative estimate of drug-likeness (QED) is 0.127. The van der Waals surface area contributed by atoms with Gasteiger partial charge in [0.15, 0.2) is 0 Å². The van der Waals surface area contributed by atoms with Crippen LogP contribution in [0.4, 0.5) is 0 Å². The summed E-state index contributed by atoms with van der Waals surface area (Å²) >= 11 is 0. The molecule has 1 saturated heterocycles. The smallest absolute Gasteiger partial charge is 0.303 e. The Kier molecular flexibility index (Phi) is 9.44. The molecule has 0 aromatic rings. The first kappa shape index (κ1) is 31.9. The largest absolute Gasteiger partial charge is 0.481 e. The normalized spacial score (nSPS) is 39.6. The molecule has 29 heteroatoms. The molecule has 2 aliphatic rings. The molecule has 0 aromatic heterocycles. The maximum absolute atomic E-state index is 12.0. The number of fused-ring (bicyclic) bond motifs is 1. The van der Waals surface area contributed by atoms with Crippen LogP contribution in [0.1, 0.15) is 0 Å². The summed E-state index contributed by atoms with van der Waals surface area (Å²) in [7, 11) is -35.2. The van der Waals surface area contributed by atoms with E-state index in [1.165, 1.54) is 0 Å². The molecule has 10 N–H and O–H groups in total. The number of rotatable bonds is 8. The Bertz CT molecular complexity index is 990. The lowest BCUT2D eigenvalue weighted by molar-refractivity contribution is -0.196. The van der Waals surface area contributed by atoms with E-state index in [1.807, 2.05) is 0 Å². The Morgan fingerprint density at radius 1 is 0.514 bits per heavy atom. The van der Waals surface area contributed by atoms with E-state index in [-0.39, 0.29) is 0 Å². The van der Waals surface area contributed by atoms with Crippen molar-refractivity contribution in [3.63, 3.8) is 0 Å². The Morgan fingerprint density at radius 2 is 0.743 bits per heavy atom. The molecule has 1 aliphatic heterocycles. The molecule has 0 aromatic carbocycles. The molecular formula is C6H16O23P6. The first-order chi connectivity index (χ1) is 15.3. The summed E-state index contributed by atoms with van der Waals surface area (Å²) in [5.74, 6) is 0. The molecule has 1 heterocycles. The Hall–Kier alpha value is 0.700. The van der Waals surface area contributed by atoms with E-state index in [0.717, 1.165) is 0 Å². The lowest BCUT2D eigenvalue weighted by Gasteiger charge is -2.47. The van der Waals surface area contributed by atoms with Crippen LogP contribution in [0.5, 0.6) is 0 Å². The second kappa shape index (κ2) is 10.4. The van der Waals surface area contributed by atoms with Gasteiger partial charge in [-0.25, -0.2) is 27.4 Å². The summed E-state index contributed by atoms with van der Waals surface area (Å²) in [6.07, 6.45) is -17.4. The topological polar surface area (TPSA) is 369 Å². The van der Waals surface area contributed by atoms with E-state index >= 15 is 0 Å². The van der Waals surface area contributed by atoms with Crippen molar-refractivity contribution in [2.75, 3.05) is 0 Å². The molecule has 0 amide bonds. The number of phosphoric acid groups is 6. The van der Waals surface area contributed by atoms with Crippen LogP contribution in [-0.2, 0) is 58.8 Å². The SMILES string of the molecule is O=P(O)(O)OC1C(OP(=O)(O)O)C(OP(=O)(O)O)C2OP(=O)(O)OP(=O)(O)OC2C1OP(=O)(O)O. The molecule has 208 valence electrons. The average molecular weight is 642 g/mol. The number of phosphoric ester groups is 6. The predicted molar refractivity (Wildman–Crippen MR) is 98.1 cm³/mol. The standard InChI is InChI=1S/C6H16O23P6/c7-30(8,9)23-1-2(24-31(10,11)12)4(26-33(16,17)18)6-5(3(1)25-32(13,14)15)27-34(19,20)29-35(21,22)28-6/h1-6H,(H,19,20)(H,21,22)(H2,7,8,9)(H2,10,11,12)(H2,13,14,15)(H2,16,17,18). The van der Waals surface area contributed by atoms with E-state index in [1.54, 1.807) is 0 Å². The van der Waals surface area contributed by atoms with Crippen molar-refractivity contribution in [1.29, 1.82) is 0 Å². The molecule has 8 atom stereocenters. The van der Waals surface area contributed by atoms with E-state index in [9.17, 15) is 56.8 Å². The summed E-state index contributed by atoms with van der Waals surface area (Å²) in [6.45, 7) is 0. The van der Waals surface area contributed by atoms with Crippen molar-refractivity contribution in [2.45, 2.75) is 36.6 Å². The van der Waals surface area contributed by atoms with Crippen LogP contribution in [-0.4, -0.2) is 85.6 Å². The molecule has 0 spiro atoms. The van der Waals surface area contributed by atoms with Gasteiger partial charge < -0.3 is 48.9 Å². The van der Waals surface area contributed by atoms with Crippen LogP contribution >= 0.6 is 46.9 Å². The van der Waals surface area contributed by atoms with Gasteiger partial charge in [0.2, 0.25) is 0 Å². The molecule has 2 rings (SSSR count). The lowest BCUT2D eigenvalue weighted by atomic mass is 9.85. The van der Waals surface area contributed by atoms with Gasteiger partial charge in [-0.15, -0.1) is 0 Å². The zero-order valence-electron chi connectivity index (χ0n) is 15.9. The highest BCUT2D eigenvalue weighted by molar-refractivity contribution is 7.61. The minimum atomic E-state index is -5.91. The van der Waals surface area contributed by atoms with E-state index in [0.29, 0.717) is 0 Å². The van der Waals surface area contributed by atoms with E-state index in [2.05, 4.69) is 31.5 Å². The van der Waals surface area contributed by atoms with Gasteiger partial charge in [-0.2, -0.15) is 4.31 Å². The molecular weight excluding hydrogens is 626 g/mol. The van der Waals surface area contributed by atoms with Crippen LogP contribution in [0.25, 0.3) is 0 Å². The summed E-state index contributed by atoms with van der Waals surface area (Å²) in [5.41, 5.74) is 0. The number of hydrogen-bond donors (Lipinski definition) is 10. The monoisotopic (exact) mass is 642 g/mol. The third kappa shape index (κ3) is 10.1. The summed E-state index contributed by atoms with van der Waals surface area (Å²) < 4.78 is 99.3. The van der Waals surface area contributed by atoms with Crippen LogP contribution in [0.2, 0.25) is 0 Å². The van der Waals surface area contributed by atoms with E-state index < -0.39 is 83.6 Å². The lowest BCUT2D eigenvalue weighted by Crippen LogP contribution is -2.66. The van der Waals surface area contributed by atoms with Gasteiger partial charge >= 0.3 is 46.9 Å². The van der Waals surface area contributed by atoms with Gasteiger partial charge in [-0.05, 0) is 0 Å². The molecule has 0 radical (unpaired) electrons. The summed E-state index contributed by atoms with van der Waals surface area (Å²) in [6, 6.07) is 0. The highest BCUT2D eigenvalue weighted by Crippen LogP contribution is 2.67. The fraction of sp³-hybridized carbons (Fsp3) is 1.00. The second-order valence-corrected chi connectivity index (χ2v) is 14.1. The van der Waals surface area contributed by atoms with Gasteiger partial charge in [0.25, 0.3) is 0 Å². The van der Waals surface area contributed by atoms with Crippen molar-refractivity contribution in [3.05, 3.63) is 0 Å². The molecule has 1 aliphatic carbocycles. The van der Waals surface area contributed by atoms with Gasteiger partial charge in [-0.1, -0.05) is 0 Å². The molecule has 35 heavy (non-hydrogen) atoms. The third-order valence-corrected chi connectivity index (χ3v) is 8.44. The van der Waals surface area contributed by atoms with Crippen LogP contribution in [0.15, 0.2) is 0 Å². The van der Waals surface area contributed by atoms with Gasteiger partial charge in [0, 0.05) is 0 Å². The summed E-state index contributed by atoms with van der Waals surface area (Å²) in [4.78, 5) is 92.7. The average Bonchev–Trinajstić information content (AvgIpc) is 2.61. The van der Waals surface area contributed by atoms with Crippen LogP contribution in [0, 0.1) is 0 Å². The third-order valence-electron chi connectivity index (χ3n) is 3.70. The Balaban J connectivity index is 2.84. The number of hydrogen-bond acceptors (Lipinski definition) is 13. The first-order valence-corrected chi connectivity index (χ1v) is 17.1. The van der Waals surface area contributed by atoms with Crippen molar-refractivity contribution in [1.82, 2.24) is 0 Å². The Morgan fingerprint density at radius 3 is 0.971 bits per heavy atom. The second-order valence-electron chi connectivity index (χ2n) is 6.40. The molecule has 23 nitrogen and oxygen atoms in total. The van der Waals surface area contributed by atoms with Crippen molar-refractivity contribution in [2.24, 2.45) is 0 Å². The van der Waals surface area contributed by atoms with Crippen molar-refractivity contribution >= 4 is 46.9 Å². The molecule has 1 saturated carbocycles. The van der Waals surface area contributed by atoms with E-state index in [4.69, 9.17) is 19.6 Å². The molecule has 0 bridgehead atoms. The van der Waals surface area contributed by atoms with Crippen molar-refractivity contribution < 1.29 is 108 Å². The zero-order chi connectivity index (χ0) is 27.4. The fourth-order valence-corrected chi connectivity index (χ4v) is 7.63. The highest BCUT2D eigenvalue weighted by atomic mass is 31.3. The molecule has 8 unspecified atom stereocenters.